The van der Waals surface area contributed by atoms with Crippen LogP contribution in [0, 0.1) is 0 Å². The number of hydrogen-bond acceptors (Lipinski definition) is 4. The second-order valence-corrected chi connectivity index (χ2v) is 6.05. The molecule has 1 N–H and O–H groups in total. The van der Waals surface area contributed by atoms with E-state index in [1.165, 1.54) is 7.11 Å². The minimum absolute atomic E-state index is 0.240. The van der Waals surface area contributed by atoms with Crippen LogP contribution in [0.2, 0.25) is 0 Å². The first-order valence-corrected chi connectivity index (χ1v) is 8.76. The Morgan fingerprint density at radius 2 is 1.67 bits per heavy atom. The number of carbonyl (C=O) groups excluding carboxylic acids is 2. The Hall–Kier alpha value is -3.34. The van der Waals surface area contributed by atoms with Crippen LogP contribution >= 0.6 is 0 Å². The lowest BCUT2D eigenvalue weighted by atomic mass is 10.1. The van der Waals surface area contributed by atoms with E-state index in [1.807, 2.05) is 49.4 Å². The maximum atomic E-state index is 12.6. The molecule has 0 bridgehead atoms. The van der Waals surface area contributed by atoms with Crippen molar-refractivity contribution in [2.75, 3.05) is 12.4 Å². The van der Waals surface area contributed by atoms with Gasteiger partial charge in [-0.25, -0.2) is 4.79 Å². The third-order valence-corrected chi connectivity index (χ3v) is 4.26. The number of benzene rings is 3. The highest BCUT2D eigenvalue weighted by molar-refractivity contribution is 5.96. The molecule has 0 aliphatic heterocycles. The van der Waals surface area contributed by atoms with E-state index >= 15 is 0 Å². The summed E-state index contributed by atoms with van der Waals surface area (Å²) < 4.78 is 10.7. The molecular weight excluding hydrogens is 342 g/mol. The van der Waals surface area contributed by atoms with Gasteiger partial charge in [0.05, 0.1) is 12.7 Å². The van der Waals surface area contributed by atoms with Crippen molar-refractivity contribution in [1.29, 1.82) is 0 Å². The average Bonchev–Trinajstić information content (AvgIpc) is 2.72. The zero-order chi connectivity index (χ0) is 19.2. The number of fused-ring (bicyclic) bond motifs is 1. The summed E-state index contributed by atoms with van der Waals surface area (Å²) >= 11 is 0. The topological polar surface area (TPSA) is 64.6 Å². The zero-order valence-corrected chi connectivity index (χ0v) is 15.3. The Kier molecular flexibility index (Phi) is 5.71. The number of nitrogens with one attached hydrogen (secondary N) is 1. The fraction of sp³-hybridized carbons (Fsp3) is 0.182. The number of rotatable bonds is 6. The van der Waals surface area contributed by atoms with Gasteiger partial charge in [0.1, 0.15) is 5.75 Å². The lowest BCUT2D eigenvalue weighted by molar-refractivity contribution is -0.122. The van der Waals surface area contributed by atoms with E-state index < -0.39 is 12.1 Å². The van der Waals surface area contributed by atoms with Crippen LogP contribution in [0.5, 0.6) is 5.75 Å². The Labute approximate surface area is 157 Å². The van der Waals surface area contributed by atoms with Crippen molar-refractivity contribution in [2.45, 2.75) is 19.4 Å². The van der Waals surface area contributed by atoms with Gasteiger partial charge in [-0.1, -0.05) is 43.3 Å². The lowest BCUT2D eigenvalue weighted by Crippen LogP contribution is -2.32. The molecule has 138 valence electrons. The Bertz CT molecular complexity index is 945. The van der Waals surface area contributed by atoms with Gasteiger partial charge >= 0.3 is 5.97 Å². The molecule has 0 unspecified atom stereocenters. The van der Waals surface area contributed by atoms with E-state index in [4.69, 9.17) is 4.74 Å². The molecule has 27 heavy (non-hydrogen) atoms. The SMILES string of the molecule is CC[C@@H](Oc1cccc2ccccc12)C(=O)Nc1ccc(C(=O)OC)cc1. The van der Waals surface area contributed by atoms with Crippen molar-refractivity contribution in [3.63, 3.8) is 0 Å². The smallest absolute Gasteiger partial charge is 0.337 e. The van der Waals surface area contributed by atoms with Gasteiger partial charge in [-0.15, -0.1) is 0 Å². The number of carbonyl (C=O) groups is 2. The quantitative estimate of drug-likeness (QED) is 0.658. The number of ether oxygens (including phenoxy) is 2. The first-order valence-electron chi connectivity index (χ1n) is 8.76. The van der Waals surface area contributed by atoms with Crippen molar-refractivity contribution in [2.24, 2.45) is 0 Å². The maximum absolute atomic E-state index is 12.6. The van der Waals surface area contributed by atoms with Crippen molar-refractivity contribution in [3.05, 3.63) is 72.3 Å². The van der Waals surface area contributed by atoms with Crippen LogP contribution in [0.25, 0.3) is 10.8 Å². The van der Waals surface area contributed by atoms with Gasteiger partial charge in [0.15, 0.2) is 6.10 Å². The number of esters is 1. The average molecular weight is 363 g/mol. The molecule has 3 rings (SSSR count). The maximum Gasteiger partial charge on any atom is 0.337 e. The van der Waals surface area contributed by atoms with Gasteiger partial charge in [0, 0.05) is 11.1 Å². The normalized spacial score (nSPS) is 11.6. The highest BCUT2D eigenvalue weighted by atomic mass is 16.5. The van der Waals surface area contributed by atoms with Crippen molar-refractivity contribution in [3.8, 4) is 5.75 Å². The van der Waals surface area contributed by atoms with Crippen LogP contribution in [0.3, 0.4) is 0 Å². The fourth-order valence-corrected chi connectivity index (χ4v) is 2.80. The third-order valence-electron chi connectivity index (χ3n) is 4.26. The molecule has 0 aliphatic carbocycles. The molecule has 1 atom stereocenters. The van der Waals surface area contributed by atoms with Crippen molar-refractivity contribution < 1.29 is 19.1 Å². The number of anilines is 1. The van der Waals surface area contributed by atoms with Crippen LogP contribution in [0.1, 0.15) is 23.7 Å². The fourth-order valence-electron chi connectivity index (χ4n) is 2.80. The summed E-state index contributed by atoms with van der Waals surface area (Å²) in [5.41, 5.74) is 1.02. The first-order chi connectivity index (χ1) is 13.1. The van der Waals surface area contributed by atoms with E-state index in [0.29, 0.717) is 23.4 Å². The first kappa shape index (κ1) is 18.5. The Morgan fingerprint density at radius 3 is 2.37 bits per heavy atom. The van der Waals surface area contributed by atoms with Gasteiger partial charge in [-0.05, 0) is 42.1 Å². The van der Waals surface area contributed by atoms with Gasteiger partial charge in [-0.3, -0.25) is 4.79 Å². The molecule has 0 aliphatic rings. The molecule has 0 radical (unpaired) electrons. The molecule has 0 spiro atoms. The van der Waals surface area contributed by atoms with Crippen LogP contribution in [-0.2, 0) is 9.53 Å². The van der Waals surface area contributed by atoms with Gasteiger partial charge < -0.3 is 14.8 Å². The standard InChI is InChI=1S/C22H21NO4/c1-3-19(27-20-10-6-8-15-7-4-5-9-18(15)20)21(24)23-17-13-11-16(12-14-17)22(25)26-2/h4-14,19H,3H2,1-2H3,(H,23,24)/t19-/m1/s1. The lowest BCUT2D eigenvalue weighted by Gasteiger charge is -2.18. The number of hydrogen-bond donors (Lipinski definition) is 1. The molecule has 5 nitrogen and oxygen atoms in total. The van der Waals surface area contributed by atoms with E-state index in [1.54, 1.807) is 24.3 Å². The van der Waals surface area contributed by atoms with Crippen LogP contribution in [-0.4, -0.2) is 25.1 Å². The summed E-state index contributed by atoms with van der Waals surface area (Å²) in [6.07, 6.45) is -0.106. The van der Waals surface area contributed by atoms with Gasteiger partial charge in [0.2, 0.25) is 0 Å². The van der Waals surface area contributed by atoms with Crippen LogP contribution in [0.15, 0.2) is 66.7 Å². The van der Waals surface area contributed by atoms with Crippen molar-refractivity contribution >= 4 is 28.3 Å². The third kappa shape index (κ3) is 4.26. The highest BCUT2D eigenvalue weighted by Gasteiger charge is 2.19. The van der Waals surface area contributed by atoms with E-state index in [0.717, 1.165) is 10.8 Å². The molecule has 3 aromatic rings. The monoisotopic (exact) mass is 363 g/mol. The molecule has 5 heteroatoms. The predicted octanol–water partition coefficient (Wildman–Crippen LogP) is 4.42. The minimum atomic E-state index is -0.629. The summed E-state index contributed by atoms with van der Waals surface area (Å²) in [5, 5.41) is 4.85. The minimum Gasteiger partial charge on any atom is -0.480 e. The molecule has 3 aromatic carbocycles. The summed E-state index contributed by atoms with van der Waals surface area (Å²) in [6.45, 7) is 1.90. The highest BCUT2D eigenvalue weighted by Crippen LogP contribution is 2.26. The second kappa shape index (κ2) is 8.36. The zero-order valence-electron chi connectivity index (χ0n) is 15.3. The summed E-state index contributed by atoms with van der Waals surface area (Å²) in [7, 11) is 1.33. The Morgan fingerprint density at radius 1 is 0.963 bits per heavy atom. The molecule has 0 fully saturated rings. The predicted molar refractivity (Wildman–Crippen MR) is 105 cm³/mol. The molecule has 0 aromatic heterocycles. The van der Waals surface area contributed by atoms with Crippen molar-refractivity contribution in [1.82, 2.24) is 0 Å². The summed E-state index contributed by atoms with van der Waals surface area (Å²) in [4.78, 5) is 24.1. The molecule has 0 saturated heterocycles. The largest absolute Gasteiger partial charge is 0.480 e. The molecular formula is C22H21NO4. The van der Waals surface area contributed by atoms with Gasteiger partial charge in [0.25, 0.3) is 5.91 Å². The number of methoxy groups -OCH3 is 1. The van der Waals surface area contributed by atoms with Crippen LogP contribution < -0.4 is 10.1 Å². The van der Waals surface area contributed by atoms with E-state index in [9.17, 15) is 9.59 Å². The molecule has 1 amide bonds. The van der Waals surface area contributed by atoms with Gasteiger partial charge in [-0.2, -0.15) is 0 Å². The number of amides is 1. The van der Waals surface area contributed by atoms with Crippen LogP contribution in [0.4, 0.5) is 5.69 Å². The summed E-state index contributed by atoms with van der Waals surface area (Å²) in [5.74, 6) is 0.0194. The molecule has 0 saturated carbocycles. The van der Waals surface area contributed by atoms with E-state index in [2.05, 4.69) is 10.1 Å². The molecule has 0 heterocycles. The Balaban J connectivity index is 1.73. The second-order valence-electron chi connectivity index (χ2n) is 6.05. The van der Waals surface area contributed by atoms with E-state index in [-0.39, 0.29) is 5.91 Å². The summed E-state index contributed by atoms with van der Waals surface area (Å²) in [6, 6.07) is 20.2.